The average Bonchev–Trinajstić information content (AvgIpc) is 2.63. The van der Waals surface area contributed by atoms with Crippen LogP contribution in [0.25, 0.3) is 0 Å². The van der Waals surface area contributed by atoms with Crippen LogP contribution in [0.4, 0.5) is 5.69 Å². The second kappa shape index (κ2) is 7.76. The molecule has 1 aromatic heterocycles. The van der Waals surface area contributed by atoms with Crippen molar-refractivity contribution in [2.24, 2.45) is 5.73 Å². The van der Waals surface area contributed by atoms with Gasteiger partial charge in [-0.15, -0.1) is 0 Å². The van der Waals surface area contributed by atoms with Crippen LogP contribution in [0.15, 0.2) is 42.6 Å². The normalized spacial score (nSPS) is 14.7. The SMILES string of the molecule is NC(=O)c1ccc(NC(=O)c2ccc(OC3CCOCC3)nc2)cc1. The Morgan fingerprint density at radius 1 is 1.08 bits per heavy atom. The molecule has 130 valence electrons. The first-order chi connectivity index (χ1) is 12.1. The van der Waals surface area contributed by atoms with Gasteiger partial charge in [-0.1, -0.05) is 0 Å². The van der Waals surface area contributed by atoms with E-state index in [-0.39, 0.29) is 12.0 Å². The van der Waals surface area contributed by atoms with Gasteiger partial charge in [0.2, 0.25) is 11.8 Å². The summed E-state index contributed by atoms with van der Waals surface area (Å²) in [5.74, 6) is -0.312. The lowest BCUT2D eigenvalue weighted by Gasteiger charge is -2.22. The Morgan fingerprint density at radius 2 is 1.76 bits per heavy atom. The van der Waals surface area contributed by atoms with Crippen LogP contribution in [0, 0.1) is 0 Å². The average molecular weight is 341 g/mol. The van der Waals surface area contributed by atoms with E-state index in [1.54, 1.807) is 36.4 Å². The molecule has 0 spiro atoms. The highest BCUT2D eigenvalue weighted by molar-refractivity contribution is 6.04. The highest BCUT2D eigenvalue weighted by Gasteiger charge is 2.16. The summed E-state index contributed by atoms with van der Waals surface area (Å²) < 4.78 is 11.1. The van der Waals surface area contributed by atoms with Gasteiger partial charge in [-0.2, -0.15) is 0 Å². The van der Waals surface area contributed by atoms with Crippen LogP contribution in [0.1, 0.15) is 33.6 Å². The Balaban J connectivity index is 1.59. The minimum Gasteiger partial charge on any atom is -0.474 e. The van der Waals surface area contributed by atoms with E-state index in [2.05, 4.69) is 10.3 Å². The molecule has 2 aromatic rings. The number of carbonyl (C=O) groups is 2. The van der Waals surface area contributed by atoms with Gasteiger partial charge in [0.15, 0.2) is 0 Å². The number of nitrogens with zero attached hydrogens (tertiary/aromatic N) is 1. The smallest absolute Gasteiger partial charge is 0.257 e. The molecule has 1 fully saturated rings. The zero-order valence-electron chi connectivity index (χ0n) is 13.6. The quantitative estimate of drug-likeness (QED) is 0.865. The molecule has 7 nitrogen and oxygen atoms in total. The van der Waals surface area contributed by atoms with Crippen LogP contribution in [0.5, 0.6) is 5.88 Å². The number of amides is 2. The van der Waals surface area contributed by atoms with Gasteiger partial charge in [-0.3, -0.25) is 9.59 Å². The van der Waals surface area contributed by atoms with Gasteiger partial charge in [0.1, 0.15) is 6.10 Å². The lowest BCUT2D eigenvalue weighted by molar-refractivity contribution is 0.0237. The van der Waals surface area contributed by atoms with Crippen LogP contribution in [0.3, 0.4) is 0 Å². The lowest BCUT2D eigenvalue weighted by Crippen LogP contribution is -2.26. The number of pyridine rings is 1. The van der Waals surface area contributed by atoms with Crippen molar-refractivity contribution in [3.05, 3.63) is 53.7 Å². The fourth-order valence-electron chi connectivity index (χ4n) is 2.47. The number of aromatic nitrogens is 1. The predicted octanol–water partition coefficient (Wildman–Crippen LogP) is 1.99. The highest BCUT2D eigenvalue weighted by Crippen LogP contribution is 2.17. The molecule has 0 unspecified atom stereocenters. The van der Waals surface area contributed by atoms with E-state index >= 15 is 0 Å². The number of rotatable bonds is 5. The molecule has 0 radical (unpaired) electrons. The van der Waals surface area contributed by atoms with Gasteiger partial charge in [-0.25, -0.2) is 4.98 Å². The van der Waals surface area contributed by atoms with Crippen LogP contribution in [0.2, 0.25) is 0 Å². The van der Waals surface area contributed by atoms with Crippen molar-refractivity contribution in [3.8, 4) is 5.88 Å². The Kier molecular flexibility index (Phi) is 5.25. The van der Waals surface area contributed by atoms with E-state index in [0.29, 0.717) is 35.9 Å². The zero-order chi connectivity index (χ0) is 17.6. The molecule has 3 rings (SSSR count). The van der Waals surface area contributed by atoms with Crippen LogP contribution >= 0.6 is 0 Å². The Bertz CT molecular complexity index is 738. The van der Waals surface area contributed by atoms with Gasteiger partial charge in [0.25, 0.3) is 5.91 Å². The molecule has 2 amide bonds. The standard InChI is InChI=1S/C18H19N3O4/c19-17(22)12-1-4-14(5-2-12)21-18(23)13-3-6-16(20-11-13)25-15-7-9-24-10-8-15/h1-6,11,15H,7-10H2,(H2,19,22)(H,21,23). The summed E-state index contributed by atoms with van der Waals surface area (Å²) in [6, 6.07) is 9.69. The maximum Gasteiger partial charge on any atom is 0.257 e. The third-order valence-electron chi connectivity index (χ3n) is 3.88. The maximum absolute atomic E-state index is 12.2. The van der Waals surface area contributed by atoms with E-state index < -0.39 is 5.91 Å². The van der Waals surface area contributed by atoms with Crippen molar-refractivity contribution in [1.82, 2.24) is 4.98 Å². The fraction of sp³-hybridized carbons (Fsp3) is 0.278. The van der Waals surface area contributed by atoms with Crippen molar-refractivity contribution >= 4 is 17.5 Å². The summed E-state index contributed by atoms with van der Waals surface area (Å²) in [6.07, 6.45) is 3.25. The number of hydrogen-bond acceptors (Lipinski definition) is 5. The van der Waals surface area contributed by atoms with Crippen molar-refractivity contribution in [2.75, 3.05) is 18.5 Å². The molecule has 7 heteroatoms. The van der Waals surface area contributed by atoms with Gasteiger partial charge < -0.3 is 20.5 Å². The third-order valence-corrected chi connectivity index (χ3v) is 3.88. The molecule has 1 aliphatic rings. The first-order valence-electron chi connectivity index (χ1n) is 8.03. The number of ether oxygens (including phenoxy) is 2. The minimum atomic E-state index is -0.512. The van der Waals surface area contributed by atoms with Crippen molar-refractivity contribution in [2.45, 2.75) is 18.9 Å². The molecule has 0 bridgehead atoms. The van der Waals surface area contributed by atoms with Crippen molar-refractivity contribution in [3.63, 3.8) is 0 Å². The number of hydrogen-bond donors (Lipinski definition) is 2. The van der Waals surface area contributed by atoms with Gasteiger partial charge in [0.05, 0.1) is 18.8 Å². The molecule has 1 aliphatic heterocycles. The number of benzene rings is 1. The van der Waals surface area contributed by atoms with E-state index in [0.717, 1.165) is 12.8 Å². The fourth-order valence-corrected chi connectivity index (χ4v) is 2.47. The molecule has 0 aliphatic carbocycles. The summed E-state index contributed by atoms with van der Waals surface area (Å²) in [6.45, 7) is 1.39. The molecule has 1 aromatic carbocycles. The van der Waals surface area contributed by atoms with Gasteiger partial charge in [0, 0.05) is 36.4 Å². The Hall–Kier alpha value is -2.93. The molecule has 1 saturated heterocycles. The molecule has 0 atom stereocenters. The second-order valence-electron chi connectivity index (χ2n) is 5.71. The van der Waals surface area contributed by atoms with E-state index in [1.807, 2.05) is 0 Å². The largest absolute Gasteiger partial charge is 0.474 e. The third kappa shape index (κ3) is 4.54. The number of carbonyl (C=O) groups excluding carboxylic acids is 2. The number of nitrogens with two attached hydrogens (primary N) is 1. The van der Waals surface area contributed by atoms with E-state index in [1.165, 1.54) is 6.20 Å². The Morgan fingerprint density at radius 3 is 2.36 bits per heavy atom. The minimum absolute atomic E-state index is 0.102. The predicted molar refractivity (Wildman–Crippen MR) is 91.6 cm³/mol. The molecular weight excluding hydrogens is 322 g/mol. The van der Waals surface area contributed by atoms with Crippen LogP contribution < -0.4 is 15.8 Å². The first kappa shape index (κ1) is 16.9. The van der Waals surface area contributed by atoms with Gasteiger partial charge in [-0.05, 0) is 30.3 Å². The summed E-state index contributed by atoms with van der Waals surface area (Å²) in [4.78, 5) is 27.5. The van der Waals surface area contributed by atoms with Crippen LogP contribution in [-0.2, 0) is 4.74 Å². The summed E-state index contributed by atoms with van der Waals surface area (Å²) in [5, 5.41) is 2.74. The molecular formula is C18H19N3O4. The van der Waals surface area contributed by atoms with E-state index in [9.17, 15) is 9.59 Å². The molecule has 3 N–H and O–H groups in total. The zero-order valence-corrected chi connectivity index (χ0v) is 13.6. The topological polar surface area (TPSA) is 104 Å². The number of anilines is 1. The summed E-state index contributed by atoms with van der Waals surface area (Å²) in [7, 11) is 0. The monoisotopic (exact) mass is 341 g/mol. The van der Waals surface area contributed by atoms with E-state index in [4.69, 9.17) is 15.2 Å². The Labute approximate surface area is 145 Å². The lowest BCUT2D eigenvalue weighted by atomic mass is 10.1. The highest BCUT2D eigenvalue weighted by atomic mass is 16.5. The number of nitrogens with one attached hydrogen (secondary N) is 1. The van der Waals surface area contributed by atoms with Crippen molar-refractivity contribution in [1.29, 1.82) is 0 Å². The molecule has 2 heterocycles. The second-order valence-corrected chi connectivity index (χ2v) is 5.71. The summed E-state index contributed by atoms with van der Waals surface area (Å²) in [5.41, 5.74) is 6.55. The number of primary amides is 1. The molecule has 25 heavy (non-hydrogen) atoms. The van der Waals surface area contributed by atoms with Gasteiger partial charge >= 0.3 is 0 Å². The first-order valence-corrected chi connectivity index (χ1v) is 8.03. The maximum atomic E-state index is 12.2. The van der Waals surface area contributed by atoms with Crippen LogP contribution in [-0.4, -0.2) is 36.1 Å². The molecule has 0 saturated carbocycles. The summed E-state index contributed by atoms with van der Waals surface area (Å²) >= 11 is 0. The van der Waals surface area contributed by atoms with Crippen molar-refractivity contribution < 1.29 is 19.1 Å².